The van der Waals surface area contributed by atoms with Crippen LogP contribution in [0.4, 0.5) is 4.39 Å². The van der Waals surface area contributed by atoms with E-state index in [0.29, 0.717) is 23.7 Å². The Hall–Kier alpha value is -1.95. The Balaban J connectivity index is 2.01. The molecule has 0 saturated heterocycles. The number of ether oxygens (including phenoxy) is 1. The minimum atomic E-state index is -0.284. The van der Waals surface area contributed by atoms with Gasteiger partial charge >= 0.3 is 0 Å². The fraction of sp³-hybridized carbons (Fsp3) is 0.385. The van der Waals surface area contributed by atoms with E-state index < -0.39 is 0 Å². The van der Waals surface area contributed by atoms with Crippen molar-refractivity contribution in [3.05, 3.63) is 41.7 Å². The maximum atomic E-state index is 13.9. The first kappa shape index (κ1) is 13.5. The summed E-state index contributed by atoms with van der Waals surface area (Å²) in [5.74, 6) is 0.913. The highest BCUT2D eigenvalue weighted by Crippen LogP contribution is 2.21. The monoisotopic (exact) mass is 264 g/mol. The lowest BCUT2D eigenvalue weighted by molar-refractivity contribution is 0.409. The average Bonchev–Trinajstić information content (AvgIpc) is 2.81. The maximum absolute atomic E-state index is 13.9. The summed E-state index contributed by atoms with van der Waals surface area (Å²) in [6.07, 6.45) is 1.63. The molecular formula is C13H17FN4O. The van der Waals surface area contributed by atoms with E-state index in [0.717, 1.165) is 0 Å². The first-order valence-electron chi connectivity index (χ1n) is 6.01. The van der Waals surface area contributed by atoms with Crippen LogP contribution in [-0.4, -0.2) is 21.9 Å². The second kappa shape index (κ2) is 5.79. The van der Waals surface area contributed by atoms with Gasteiger partial charge in [-0.05, 0) is 13.0 Å². The summed E-state index contributed by atoms with van der Waals surface area (Å²) in [4.78, 5) is 4.11. The van der Waals surface area contributed by atoms with E-state index in [-0.39, 0.29) is 11.9 Å². The molecule has 0 spiro atoms. The Morgan fingerprint density at radius 2 is 2.26 bits per heavy atom. The van der Waals surface area contributed by atoms with Crippen LogP contribution < -0.4 is 10.1 Å². The second-order valence-corrected chi connectivity index (χ2v) is 4.32. The second-order valence-electron chi connectivity index (χ2n) is 4.32. The molecule has 1 aromatic heterocycles. The molecule has 0 amide bonds. The van der Waals surface area contributed by atoms with Gasteiger partial charge in [0.15, 0.2) is 5.82 Å². The molecule has 19 heavy (non-hydrogen) atoms. The predicted octanol–water partition coefficient (Wildman–Crippen LogP) is 1.81. The summed E-state index contributed by atoms with van der Waals surface area (Å²) < 4.78 is 20.5. The quantitative estimate of drug-likeness (QED) is 0.895. The van der Waals surface area contributed by atoms with E-state index in [1.165, 1.54) is 13.2 Å². The average molecular weight is 264 g/mol. The lowest BCUT2D eigenvalue weighted by atomic mass is 10.1. The van der Waals surface area contributed by atoms with Crippen molar-refractivity contribution in [1.29, 1.82) is 0 Å². The summed E-state index contributed by atoms with van der Waals surface area (Å²) in [7, 11) is 3.33. The van der Waals surface area contributed by atoms with Crippen LogP contribution in [0.15, 0.2) is 24.5 Å². The predicted molar refractivity (Wildman–Crippen MR) is 69.2 cm³/mol. The van der Waals surface area contributed by atoms with Crippen molar-refractivity contribution in [1.82, 2.24) is 20.1 Å². The zero-order valence-corrected chi connectivity index (χ0v) is 11.2. The van der Waals surface area contributed by atoms with Crippen LogP contribution in [0.5, 0.6) is 5.75 Å². The van der Waals surface area contributed by atoms with Gasteiger partial charge in [0.2, 0.25) is 0 Å². The van der Waals surface area contributed by atoms with Crippen LogP contribution in [0.2, 0.25) is 0 Å². The van der Waals surface area contributed by atoms with Crippen molar-refractivity contribution >= 4 is 0 Å². The Morgan fingerprint density at radius 3 is 2.84 bits per heavy atom. The van der Waals surface area contributed by atoms with Gasteiger partial charge in [-0.2, -0.15) is 5.10 Å². The summed E-state index contributed by atoms with van der Waals surface area (Å²) in [5.41, 5.74) is 0.594. The maximum Gasteiger partial charge on any atom is 0.164 e. The van der Waals surface area contributed by atoms with Crippen LogP contribution in [0.25, 0.3) is 0 Å². The number of hydrogen-bond donors (Lipinski definition) is 1. The number of aromatic nitrogens is 3. The highest BCUT2D eigenvalue weighted by atomic mass is 19.1. The molecule has 102 valence electrons. The minimum absolute atomic E-state index is 0.130. The van der Waals surface area contributed by atoms with Crippen molar-refractivity contribution in [2.45, 2.75) is 19.5 Å². The zero-order valence-electron chi connectivity index (χ0n) is 11.2. The van der Waals surface area contributed by atoms with Gasteiger partial charge in [0.1, 0.15) is 17.9 Å². The number of benzene rings is 1. The van der Waals surface area contributed by atoms with Crippen molar-refractivity contribution < 1.29 is 9.13 Å². The van der Waals surface area contributed by atoms with E-state index in [1.807, 2.05) is 14.0 Å². The van der Waals surface area contributed by atoms with Crippen LogP contribution in [0.1, 0.15) is 24.4 Å². The molecule has 5 nitrogen and oxygen atoms in total. The lowest BCUT2D eigenvalue weighted by Crippen LogP contribution is -2.20. The standard InChI is InChI=1S/C13H17FN4O/c1-9(15-7-13-16-8-18(2)17-13)11-5-4-10(19-3)6-12(11)14/h4-6,8-9,15H,7H2,1-3H3. The van der Waals surface area contributed by atoms with Gasteiger partial charge in [0.05, 0.1) is 13.7 Å². The smallest absolute Gasteiger partial charge is 0.164 e. The molecule has 1 N–H and O–H groups in total. The summed E-state index contributed by atoms with van der Waals surface area (Å²) in [5, 5.41) is 7.34. The number of nitrogens with one attached hydrogen (secondary N) is 1. The Bertz CT molecular complexity index is 555. The van der Waals surface area contributed by atoms with Crippen LogP contribution in [0.3, 0.4) is 0 Å². The normalized spacial score (nSPS) is 12.4. The molecule has 0 aliphatic rings. The Morgan fingerprint density at radius 1 is 1.47 bits per heavy atom. The Labute approximate surface area is 111 Å². The van der Waals surface area contributed by atoms with E-state index >= 15 is 0 Å². The molecule has 6 heteroatoms. The van der Waals surface area contributed by atoms with Crippen LogP contribution >= 0.6 is 0 Å². The SMILES string of the molecule is COc1ccc(C(C)NCc2ncn(C)n2)c(F)c1. The van der Waals surface area contributed by atoms with Gasteiger partial charge in [0.25, 0.3) is 0 Å². The highest BCUT2D eigenvalue weighted by molar-refractivity contribution is 5.30. The van der Waals surface area contributed by atoms with E-state index in [4.69, 9.17) is 4.74 Å². The first-order chi connectivity index (χ1) is 9.10. The third-order valence-electron chi connectivity index (χ3n) is 2.89. The third-order valence-corrected chi connectivity index (χ3v) is 2.89. The molecule has 1 unspecified atom stereocenters. The van der Waals surface area contributed by atoms with Crippen molar-refractivity contribution in [2.24, 2.45) is 7.05 Å². The molecule has 0 aliphatic heterocycles. The van der Waals surface area contributed by atoms with Crippen LogP contribution in [-0.2, 0) is 13.6 Å². The molecular weight excluding hydrogens is 247 g/mol. The molecule has 1 heterocycles. The summed E-state index contributed by atoms with van der Waals surface area (Å²) in [6, 6.07) is 4.72. The third kappa shape index (κ3) is 3.29. The molecule has 0 saturated carbocycles. The fourth-order valence-corrected chi connectivity index (χ4v) is 1.81. The molecule has 0 fully saturated rings. The molecule has 2 rings (SSSR count). The van der Waals surface area contributed by atoms with Gasteiger partial charge in [-0.15, -0.1) is 0 Å². The van der Waals surface area contributed by atoms with E-state index in [2.05, 4.69) is 15.4 Å². The van der Waals surface area contributed by atoms with Gasteiger partial charge in [-0.1, -0.05) is 6.07 Å². The molecule has 0 radical (unpaired) electrons. The van der Waals surface area contributed by atoms with Gasteiger partial charge in [-0.25, -0.2) is 9.37 Å². The van der Waals surface area contributed by atoms with Gasteiger partial charge in [-0.3, -0.25) is 4.68 Å². The zero-order chi connectivity index (χ0) is 13.8. The number of nitrogens with zero attached hydrogens (tertiary/aromatic N) is 3. The molecule has 1 atom stereocenters. The molecule has 1 aromatic carbocycles. The van der Waals surface area contributed by atoms with Crippen LogP contribution in [0, 0.1) is 5.82 Å². The van der Waals surface area contributed by atoms with E-state index in [9.17, 15) is 4.39 Å². The number of methoxy groups -OCH3 is 1. The van der Waals surface area contributed by atoms with Gasteiger partial charge < -0.3 is 10.1 Å². The number of aryl methyl sites for hydroxylation is 1. The van der Waals surface area contributed by atoms with Crippen molar-refractivity contribution in [3.63, 3.8) is 0 Å². The minimum Gasteiger partial charge on any atom is -0.497 e. The molecule has 2 aromatic rings. The topological polar surface area (TPSA) is 52.0 Å². The number of rotatable bonds is 5. The largest absolute Gasteiger partial charge is 0.497 e. The molecule has 0 aliphatic carbocycles. The Kier molecular flexibility index (Phi) is 4.11. The summed E-state index contributed by atoms with van der Waals surface area (Å²) >= 11 is 0. The van der Waals surface area contributed by atoms with Gasteiger partial charge in [0, 0.05) is 24.7 Å². The van der Waals surface area contributed by atoms with E-state index in [1.54, 1.807) is 23.1 Å². The fourth-order valence-electron chi connectivity index (χ4n) is 1.81. The summed E-state index contributed by atoms with van der Waals surface area (Å²) in [6.45, 7) is 2.39. The number of hydrogen-bond acceptors (Lipinski definition) is 4. The number of halogens is 1. The first-order valence-corrected chi connectivity index (χ1v) is 6.01. The van der Waals surface area contributed by atoms with Crippen molar-refractivity contribution in [2.75, 3.05) is 7.11 Å². The highest BCUT2D eigenvalue weighted by Gasteiger charge is 2.12. The lowest BCUT2D eigenvalue weighted by Gasteiger charge is -2.14. The molecule has 0 bridgehead atoms. The van der Waals surface area contributed by atoms with Crippen molar-refractivity contribution in [3.8, 4) is 5.75 Å².